The number of hydrogen-bond acceptors (Lipinski definition) is 3. The summed E-state index contributed by atoms with van der Waals surface area (Å²) in [7, 11) is 1.57. The smallest absolute Gasteiger partial charge is 0.150 e. The quantitative estimate of drug-likeness (QED) is 0.760. The van der Waals surface area contributed by atoms with Crippen molar-refractivity contribution in [3.8, 4) is 11.5 Å². The van der Waals surface area contributed by atoms with E-state index in [4.69, 9.17) is 4.74 Å². The van der Waals surface area contributed by atoms with E-state index >= 15 is 0 Å². The van der Waals surface area contributed by atoms with Gasteiger partial charge in [-0.2, -0.15) is 0 Å². The number of phenolic OH excluding ortho intramolecular Hbond substituents is 1. The first-order valence-corrected chi connectivity index (χ1v) is 4.50. The molecule has 0 spiro atoms. The van der Waals surface area contributed by atoms with Crippen molar-refractivity contribution in [2.75, 3.05) is 7.11 Å². The van der Waals surface area contributed by atoms with Gasteiger partial charge in [0.15, 0.2) is 0 Å². The summed E-state index contributed by atoms with van der Waals surface area (Å²) >= 11 is 0. The molecule has 2 rings (SSSR count). The molecule has 0 amide bonds. The molecule has 0 heterocycles. The number of aromatic hydroxyl groups is 1. The van der Waals surface area contributed by atoms with E-state index < -0.39 is 0 Å². The summed E-state index contributed by atoms with van der Waals surface area (Å²) in [6.07, 6.45) is 0.712. The maximum absolute atomic E-state index is 10.6. The van der Waals surface area contributed by atoms with Gasteiger partial charge < -0.3 is 9.84 Å². The Bertz CT molecular complexity index is 518. The van der Waals surface area contributed by atoms with Gasteiger partial charge in [0, 0.05) is 10.9 Å². The van der Waals surface area contributed by atoms with Crippen LogP contribution in [0, 0.1) is 0 Å². The third kappa shape index (κ3) is 1.64. The molecule has 3 heteroatoms. The number of ether oxygens (including phenoxy) is 1. The third-order valence-corrected chi connectivity index (χ3v) is 2.30. The van der Waals surface area contributed by atoms with Crippen LogP contribution in [0.15, 0.2) is 30.3 Å². The lowest BCUT2D eigenvalue weighted by Gasteiger charge is -2.05. The van der Waals surface area contributed by atoms with E-state index in [0.717, 1.165) is 5.39 Å². The van der Waals surface area contributed by atoms with Crippen LogP contribution in [0.2, 0.25) is 0 Å². The maximum Gasteiger partial charge on any atom is 0.150 e. The van der Waals surface area contributed by atoms with Crippen LogP contribution >= 0.6 is 0 Å². The highest BCUT2D eigenvalue weighted by atomic mass is 16.5. The zero-order chi connectivity index (χ0) is 10.8. The van der Waals surface area contributed by atoms with Crippen molar-refractivity contribution in [3.05, 3.63) is 35.9 Å². The predicted molar refractivity (Wildman–Crippen MR) is 57.6 cm³/mol. The van der Waals surface area contributed by atoms with E-state index in [1.807, 2.05) is 0 Å². The number of hydrogen-bond donors (Lipinski definition) is 1. The van der Waals surface area contributed by atoms with Gasteiger partial charge in [0.05, 0.1) is 7.11 Å². The van der Waals surface area contributed by atoms with Crippen LogP contribution < -0.4 is 4.74 Å². The van der Waals surface area contributed by atoms with Crippen molar-refractivity contribution in [2.24, 2.45) is 0 Å². The highest BCUT2D eigenvalue weighted by molar-refractivity contribution is 5.94. The molecule has 0 aliphatic carbocycles. The Hall–Kier alpha value is -2.03. The lowest BCUT2D eigenvalue weighted by Crippen LogP contribution is -1.85. The molecule has 0 unspecified atom stereocenters. The second kappa shape index (κ2) is 3.61. The van der Waals surface area contributed by atoms with Crippen LogP contribution in [0.5, 0.6) is 11.5 Å². The van der Waals surface area contributed by atoms with Gasteiger partial charge in [-0.15, -0.1) is 0 Å². The zero-order valence-corrected chi connectivity index (χ0v) is 8.23. The molecule has 0 fully saturated rings. The van der Waals surface area contributed by atoms with Gasteiger partial charge in [0.1, 0.15) is 17.8 Å². The maximum atomic E-state index is 10.6. The fourth-order valence-electron chi connectivity index (χ4n) is 1.53. The summed E-state index contributed by atoms with van der Waals surface area (Å²) in [6.45, 7) is 0. The average molecular weight is 202 g/mol. The van der Waals surface area contributed by atoms with Gasteiger partial charge in [-0.05, 0) is 29.7 Å². The Balaban J connectivity index is 2.73. The van der Waals surface area contributed by atoms with Gasteiger partial charge in [0.2, 0.25) is 0 Å². The molecule has 0 saturated carbocycles. The zero-order valence-electron chi connectivity index (χ0n) is 8.23. The van der Waals surface area contributed by atoms with Crippen LogP contribution in [-0.2, 0) is 0 Å². The molecular weight excluding hydrogens is 192 g/mol. The Kier molecular flexibility index (Phi) is 2.29. The number of benzene rings is 2. The van der Waals surface area contributed by atoms with Crippen molar-refractivity contribution in [3.63, 3.8) is 0 Å². The molecule has 0 atom stereocenters. The van der Waals surface area contributed by atoms with Gasteiger partial charge in [0.25, 0.3) is 0 Å². The van der Waals surface area contributed by atoms with E-state index in [9.17, 15) is 9.90 Å². The third-order valence-electron chi connectivity index (χ3n) is 2.30. The molecule has 0 saturated heterocycles. The summed E-state index contributed by atoms with van der Waals surface area (Å²) in [5.41, 5.74) is 0.463. The summed E-state index contributed by atoms with van der Waals surface area (Å²) in [6, 6.07) is 8.49. The molecule has 0 aliphatic rings. The Labute approximate surface area is 86.9 Å². The van der Waals surface area contributed by atoms with Crippen molar-refractivity contribution < 1.29 is 14.6 Å². The van der Waals surface area contributed by atoms with Crippen LogP contribution in [-0.4, -0.2) is 18.5 Å². The Morgan fingerprint density at radius 2 is 2.07 bits per heavy atom. The van der Waals surface area contributed by atoms with Crippen LogP contribution in [0.25, 0.3) is 10.8 Å². The van der Waals surface area contributed by atoms with E-state index in [2.05, 4.69) is 0 Å². The molecule has 2 aromatic rings. The summed E-state index contributed by atoms with van der Waals surface area (Å²) in [4.78, 5) is 10.6. The van der Waals surface area contributed by atoms with Gasteiger partial charge in [-0.1, -0.05) is 6.07 Å². The molecular formula is C12H10O3. The van der Waals surface area contributed by atoms with Crippen LogP contribution in [0.3, 0.4) is 0 Å². The highest BCUT2D eigenvalue weighted by Gasteiger charge is 2.03. The minimum absolute atomic E-state index is 0.0912. The molecule has 2 aromatic carbocycles. The molecule has 15 heavy (non-hydrogen) atoms. The highest BCUT2D eigenvalue weighted by Crippen LogP contribution is 2.29. The second-order valence-corrected chi connectivity index (χ2v) is 3.24. The Morgan fingerprint density at radius 1 is 1.27 bits per heavy atom. The van der Waals surface area contributed by atoms with E-state index in [-0.39, 0.29) is 5.75 Å². The van der Waals surface area contributed by atoms with E-state index in [1.165, 1.54) is 6.07 Å². The van der Waals surface area contributed by atoms with Gasteiger partial charge in [-0.3, -0.25) is 4.79 Å². The Morgan fingerprint density at radius 3 is 2.73 bits per heavy atom. The number of aldehydes is 1. The standard InChI is InChI=1S/C12H10O3/c1-15-10-3-2-9-4-8(7-13)5-12(14)11(9)6-10/h2-7,14H,1H3. The van der Waals surface area contributed by atoms with Crippen LogP contribution in [0.1, 0.15) is 10.4 Å². The number of rotatable bonds is 2. The minimum Gasteiger partial charge on any atom is -0.507 e. The predicted octanol–water partition coefficient (Wildman–Crippen LogP) is 2.37. The molecule has 1 N–H and O–H groups in total. The van der Waals surface area contributed by atoms with Crippen molar-refractivity contribution in [2.45, 2.75) is 0 Å². The molecule has 76 valence electrons. The SMILES string of the molecule is COc1ccc2cc(C=O)cc(O)c2c1. The lowest BCUT2D eigenvalue weighted by atomic mass is 10.1. The number of phenols is 1. The number of carbonyl (C=O) groups excluding carboxylic acids is 1. The monoisotopic (exact) mass is 202 g/mol. The molecule has 0 radical (unpaired) electrons. The topological polar surface area (TPSA) is 46.5 Å². The van der Waals surface area contributed by atoms with E-state index in [0.29, 0.717) is 23.0 Å². The number of methoxy groups -OCH3 is 1. The molecule has 3 nitrogen and oxygen atoms in total. The molecule has 0 bridgehead atoms. The molecule has 0 aliphatic heterocycles. The van der Waals surface area contributed by atoms with E-state index in [1.54, 1.807) is 31.4 Å². The van der Waals surface area contributed by atoms with Crippen molar-refractivity contribution in [1.82, 2.24) is 0 Å². The van der Waals surface area contributed by atoms with Crippen molar-refractivity contribution in [1.29, 1.82) is 0 Å². The fraction of sp³-hybridized carbons (Fsp3) is 0.0833. The first kappa shape index (κ1) is 9.52. The van der Waals surface area contributed by atoms with Gasteiger partial charge >= 0.3 is 0 Å². The van der Waals surface area contributed by atoms with Crippen molar-refractivity contribution >= 4 is 17.1 Å². The lowest BCUT2D eigenvalue weighted by molar-refractivity contribution is 0.112. The van der Waals surface area contributed by atoms with Gasteiger partial charge in [-0.25, -0.2) is 0 Å². The normalized spacial score (nSPS) is 10.2. The summed E-state index contributed by atoms with van der Waals surface area (Å²) in [5, 5.41) is 11.2. The largest absolute Gasteiger partial charge is 0.507 e. The molecule has 0 aromatic heterocycles. The summed E-state index contributed by atoms with van der Waals surface area (Å²) in [5.74, 6) is 0.769. The first-order chi connectivity index (χ1) is 7.24. The minimum atomic E-state index is 0.0912. The average Bonchev–Trinajstić information content (AvgIpc) is 2.28. The second-order valence-electron chi connectivity index (χ2n) is 3.24. The number of carbonyl (C=O) groups is 1. The fourth-order valence-corrected chi connectivity index (χ4v) is 1.53. The number of fused-ring (bicyclic) bond motifs is 1. The first-order valence-electron chi connectivity index (χ1n) is 4.50. The summed E-state index contributed by atoms with van der Waals surface area (Å²) < 4.78 is 5.05. The van der Waals surface area contributed by atoms with Crippen LogP contribution in [0.4, 0.5) is 0 Å².